The van der Waals surface area contributed by atoms with Crippen molar-refractivity contribution in [3.05, 3.63) is 58.9 Å². The molecule has 3 unspecified atom stereocenters. The molecule has 1 fully saturated rings. The Balaban J connectivity index is 1.64. The summed E-state index contributed by atoms with van der Waals surface area (Å²) in [5, 5.41) is 8.89. The molecule has 0 heterocycles. The number of nitriles is 1. The van der Waals surface area contributed by atoms with Crippen LogP contribution in [0, 0.1) is 29.0 Å². The molecule has 128 valence electrons. The minimum absolute atomic E-state index is 0.109. The van der Waals surface area contributed by atoms with Crippen LogP contribution in [-0.4, -0.2) is 0 Å². The third kappa shape index (κ3) is 2.97. The van der Waals surface area contributed by atoms with E-state index in [2.05, 4.69) is 25.1 Å². The molecule has 0 bridgehead atoms. The van der Waals surface area contributed by atoms with Crippen molar-refractivity contribution in [3.8, 4) is 17.2 Å². The maximum Gasteiger partial charge on any atom is 0.141 e. The Hall–Kier alpha value is -2.14. The summed E-state index contributed by atoms with van der Waals surface area (Å²) in [4.78, 5) is 0. The van der Waals surface area contributed by atoms with Crippen LogP contribution in [0.4, 0.5) is 4.39 Å². The van der Waals surface area contributed by atoms with E-state index in [9.17, 15) is 4.39 Å². The predicted molar refractivity (Wildman–Crippen MR) is 98.7 cm³/mol. The van der Waals surface area contributed by atoms with Crippen LogP contribution in [0.3, 0.4) is 0 Å². The monoisotopic (exact) mass is 333 g/mol. The smallest absolute Gasteiger partial charge is 0.141 e. The Bertz CT molecular complexity index is 832. The molecule has 0 spiro atoms. The fraction of sp³-hybridized carbons (Fsp3) is 0.435. The lowest BCUT2D eigenvalue weighted by atomic mass is 9.65. The second kappa shape index (κ2) is 6.64. The Morgan fingerprint density at radius 3 is 2.64 bits per heavy atom. The molecule has 3 atom stereocenters. The van der Waals surface area contributed by atoms with Gasteiger partial charge in [-0.25, -0.2) is 4.39 Å². The SMILES string of the molecule is CCC1CCC2c3ccc(-c4ccc(C#N)c(F)c4)cc3CCC2C1. The van der Waals surface area contributed by atoms with Crippen molar-refractivity contribution in [1.29, 1.82) is 5.26 Å². The van der Waals surface area contributed by atoms with Gasteiger partial charge in [0, 0.05) is 0 Å². The largest absolute Gasteiger partial charge is 0.206 e. The average molecular weight is 333 g/mol. The number of rotatable bonds is 2. The van der Waals surface area contributed by atoms with Crippen molar-refractivity contribution in [1.82, 2.24) is 0 Å². The molecule has 1 nitrogen and oxygen atoms in total. The highest BCUT2D eigenvalue weighted by atomic mass is 19.1. The molecule has 0 aromatic heterocycles. The van der Waals surface area contributed by atoms with Crippen LogP contribution in [0.2, 0.25) is 0 Å². The Morgan fingerprint density at radius 2 is 1.88 bits per heavy atom. The van der Waals surface area contributed by atoms with Crippen LogP contribution >= 0.6 is 0 Å². The summed E-state index contributed by atoms with van der Waals surface area (Å²) in [6, 6.07) is 13.5. The molecular formula is C23H24FN. The van der Waals surface area contributed by atoms with Gasteiger partial charge in [0.05, 0.1) is 5.56 Å². The van der Waals surface area contributed by atoms with Gasteiger partial charge in [-0.1, -0.05) is 37.6 Å². The molecule has 2 aromatic rings. The van der Waals surface area contributed by atoms with Gasteiger partial charge in [0.15, 0.2) is 0 Å². The number of nitrogens with zero attached hydrogens (tertiary/aromatic N) is 1. The lowest BCUT2D eigenvalue weighted by Gasteiger charge is -2.40. The van der Waals surface area contributed by atoms with Crippen LogP contribution in [-0.2, 0) is 6.42 Å². The molecule has 1 saturated carbocycles. The molecule has 2 aliphatic rings. The molecule has 0 amide bonds. The van der Waals surface area contributed by atoms with Crippen LogP contribution < -0.4 is 0 Å². The van der Waals surface area contributed by atoms with Gasteiger partial charge in [-0.2, -0.15) is 5.26 Å². The zero-order valence-electron chi connectivity index (χ0n) is 14.8. The number of hydrogen-bond donors (Lipinski definition) is 0. The zero-order valence-corrected chi connectivity index (χ0v) is 14.8. The van der Waals surface area contributed by atoms with E-state index in [0.29, 0.717) is 0 Å². The fourth-order valence-corrected chi connectivity index (χ4v) is 4.95. The molecule has 4 rings (SSSR count). The molecule has 25 heavy (non-hydrogen) atoms. The minimum atomic E-state index is -0.435. The van der Waals surface area contributed by atoms with Crippen molar-refractivity contribution in [2.45, 2.75) is 51.4 Å². The first kappa shape index (κ1) is 16.3. The van der Waals surface area contributed by atoms with Crippen molar-refractivity contribution in [2.75, 3.05) is 0 Å². The van der Waals surface area contributed by atoms with Crippen LogP contribution in [0.1, 0.15) is 61.6 Å². The summed E-state index contributed by atoms with van der Waals surface area (Å²) >= 11 is 0. The summed E-state index contributed by atoms with van der Waals surface area (Å²) in [6.07, 6.45) is 7.82. The summed E-state index contributed by atoms with van der Waals surface area (Å²) in [5.74, 6) is 2.06. The van der Waals surface area contributed by atoms with Crippen LogP contribution in [0.15, 0.2) is 36.4 Å². The first-order chi connectivity index (χ1) is 12.2. The second-order valence-electron chi connectivity index (χ2n) is 7.71. The van der Waals surface area contributed by atoms with Crippen molar-refractivity contribution in [2.24, 2.45) is 11.8 Å². The van der Waals surface area contributed by atoms with Gasteiger partial charge < -0.3 is 0 Å². The fourth-order valence-electron chi connectivity index (χ4n) is 4.95. The average Bonchev–Trinajstić information content (AvgIpc) is 2.66. The van der Waals surface area contributed by atoms with Crippen LogP contribution in [0.5, 0.6) is 0 Å². The van der Waals surface area contributed by atoms with E-state index in [4.69, 9.17) is 5.26 Å². The molecule has 2 heteroatoms. The summed E-state index contributed by atoms with van der Waals surface area (Å²) in [7, 11) is 0. The number of halogens is 1. The molecule has 0 aliphatic heterocycles. The summed E-state index contributed by atoms with van der Waals surface area (Å²) in [6.45, 7) is 2.32. The Morgan fingerprint density at radius 1 is 1.08 bits per heavy atom. The number of benzene rings is 2. The van der Waals surface area contributed by atoms with E-state index in [-0.39, 0.29) is 5.56 Å². The van der Waals surface area contributed by atoms with Crippen molar-refractivity contribution >= 4 is 0 Å². The Labute approximate surface area is 149 Å². The van der Waals surface area contributed by atoms with Gasteiger partial charge in [0.25, 0.3) is 0 Å². The maximum absolute atomic E-state index is 13.9. The highest BCUT2D eigenvalue weighted by molar-refractivity contribution is 5.66. The van der Waals surface area contributed by atoms with Crippen molar-refractivity contribution < 1.29 is 4.39 Å². The van der Waals surface area contributed by atoms with Gasteiger partial charge >= 0.3 is 0 Å². The second-order valence-corrected chi connectivity index (χ2v) is 7.71. The van der Waals surface area contributed by atoms with E-state index < -0.39 is 5.82 Å². The molecule has 0 radical (unpaired) electrons. The van der Waals surface area contributed by atoms with Crippen molar-refractivity contribution in [3.63, 3.8) is 0 Å². The van der Waals surface area contributed by atoms with Gasteiger partial charge in [-0.15, -0.1) is 0 Å². The summed E-state index contributed by atoms with van der Waals surface area (Å²) < 4.78 is 13.9. The zero-order chi connectivity index (χ0) is 17.4. The quantitative estimate of drug-likeness (QED) is 0.640. The first-order valence-corrected chi connectivity index (χ1v) is 9.52. The third-order valence-electron chi connectivity index (χ3n) is 6.42. The lowest BCUT2D eigenvalue weighted by molar-refractivity contribution is 0.206. The topological polar surface area (TPSA) is 23.8 Å². The van der Waals surface area contributed by atoms with E-state index in [0.717, 1.165) is 35.3 Å². The molecule has 2 aromatic carbocycles. The highest BCUT2D eigenvalue weighted by Crippen LogP contribution is 2.48. The number of hydrogen-bond acceptors (Lipinski definition) is 1. The lowest BCUT2D eigenvalue weighted by Crippen LogP contribution is -2.27. The van der Waals surface area contributed by atoms with Crippen LogP contribution in [0.25, 0.3) is 11.1 Å². The van der Waals surface area contributed by atoms with Gasteiger partial charge in [0.2, 0.25) is 0 Å². The summed E-state index contributed by atoms with van der Waals surface area (Å²) in [5.41, 5.74) is 5.00. The molecule has 0 saturated heterocycles. The van der Waals surface area contributed by atoms with Gasteiger partial charge in [0.1, 0.15) is 11.9 Å². The third-order valence-corrected chi connectivity index (χ3v) is 6.42. The van der Waals surface area contributed by atoms with E-state index in [1.54, 1.807) is 6.07 Å². The first-order valence-electron chi connectivity index (χ1n) is 9.52. The normalized spacial score (nSPS) is 24.9. The number of aryl methyl sites for hydroxylation is 1. The molecular weight excluding hydrogens is 309 g/mol. The van der Waals surface area contributed by atoms with E-state index in [1.807, 2.05) is 12.1 Å². The predicted octanol–water partition coefficient (Wildman–Crippen LogP) is 6.22. The van der Waals surface area contributed by atoms with Gasteiger partial charge in [-0.3, -0.25) is 0 Å². The molecule has 0 N–H and O–H groups in total. The number of fused-ring (bicyclic) bond motifs is 3. The minimum Gasteiger partial charge on any atom is -0.206 e. The standard InChI is InChI=1S/C23H24FN/c1-2-15-3-9-21-18(11-15)5-6-19-12-16(8-10-22(19)21)17-4-7-20(14-25)23(24)13-17/h4,7-8,10,12-13,15,18,21H,2-3,5-6,9,11H2,1H3. The van der Waals surface area contributed by atoms with E-state index in [1.165, 1.54) is 49.3 Å². The van der Waals surface area contributed by atoms with Gasteiger partial charge in [-0.05, 0) is 84.2 Å². The van der Waals surface area contributed by atoms with E-state index >= 15 is 0 Å². The maximum atomic E-state index is 13.9. The molecule has 2 aliphatic carbocycles. The Kier molecular flexibility index (Phi) is 4.34. The highest BCUT2D eigenvalue weighted by Gasteiger charge is 2.34.